The van der Waals surface area contributed by atoms with E-state index in [0.717, 1.165) is 46.4 Å². The van der Waals surface area contributed by atoms with Crippen LogP contribution in [0.2, 0.25) is 0 Å². The lowest BCUT2D eigenvalue weighted by Crippen LogP contribution is -2.04. The van der Waals surface area contributed by atoms with Crippen LogP contribution < -0.4 is 22.9 Å². The number of rotatable bonds is 7. The van der Waals surface area contributed by atoms with E-state index >= 15 is 0 Å². The van der Waals surface area contributed by atoms with E-state index in [0.29, 0.717) is 0 Å². The first-order chi connectivity index (χ1) is 20.9. The Morgan fingerprint density at radius 1 is 0.522 bits per heavy atom. The van der Waals surface area contributed by atoms with Crippen LogP contribution in [0.15, 0.2) is 105 Å². The third-order valence-corrected chi connectivity index (χ3v) is 9.98. The molecule has 4 aromatic rings. The summed E-state index contributed by atoms with van der Waals surface area (Å²) in [7, 11) is -19.2. The van der Waals surface area contributed by atoms with Crippen molar-refractivity contribution in [3.63, 3.8) is 0 Å². The molecule has 4 aromatic carbocycles. The molecule has 0 radical (unpaired) electrons. The van der Waals surface area contributed by atoms with Gasteiger partial charge in [-0.15, -0.1) is 0 Å². The monoisotopic (exact) mass is 738 g/mol. The maximum atomic E-state index is 11.4. The van der Waals surface area contributed by atoms with E-state index in [4.69, 9.17) is 42.5 Å². The molecule has 250 valence electrons. The van der Waals surface area contributed by atoms with Gasteiger partial charge in [-0.2, -0.15) is 21.1 Å². The first-order valence-corrected chi connectivity index (χ1v) is 18.7. The summed E-state index contributed by atoms with van der Waals surface area (Å²) in [5, 5.41) is 0. The molecule has 0 heterocycles. The van der Waals surface area contributed by atoms with Crippen molar-refractivity contribution in [2.45, 2.75) is 19.6 Å². The van der Waals surface area contributed by atoms with Gasteiger partial charge in [-0.3, -0.25) is 9.11 Å². The lowest BCUT2D eigenvalue weighted by Gasteiger charge is -2.11. The fraction of sp³-hybridized carbons (Fsp3) is 0. The molecular formula is C24H28N4O13P2S3. The van der Waals surface area contributed by atoms with Gasteiger partial charge in [-0.1, -0.05) is 36.0 Å². The minimum atomic E-state index is -5.05. The summed E-state index contributed by atoms with van der Waals surface area (Å²) in [6.45, 7) is 0. The molecule has 0 amide bonds. The molecule has 0 saturated carbocycles. The van der Waals surface area contributed by atoms with E-state index in [-0.39, 0.29) is 21.2 Å². The Balaban J connectivity index is 0.000000271. The van der Waals surface area contributed by atoms with E-state index in [1.165, 1.54) is 24.3 Å². The van der Waals surface area contributed by atoms with Crippen LogP contribution in [-0.4, -0.2) is 45.5 Å². The highest BCUT2D eigenvalue weighted by Crippen LogP contribution is 2.53. The van der Waals surface area contributed by atoms with Gasteiger partial charge in [0, 0.05) is 32.5 Å². The smallest absolute Gasteiger partial charge is 0.399 e. The standard InChI is InChI=1S/C12H12N2O6S3.C12H12N2.H4O7P2/c13-7-1-3-9(11(5-7)22(15,16)17)21-10-4-2-8(14)6-12(10)23(18,19)20;13-11-5-1-9(2-6-11)10-3-7-12(14)8-4-10;1-8(2,3)7-9(4,5)6/h1-6H,13-14H2,(H,15,16,17)(H,18,19,20);1-8H,13-14H2;(H2,1,2,3)(H2,4,5,6). The first-order valence-electron chi connectivity index (χ1n) is 11.9. The molecule has 0 atom stereocenters. The quantitative estimate of drug-likeness (QED) is 0.0739. The van der Waals surface area contributed by atoms with Crippen molar-refractivity contribution in [1.82, 2.24) is 0 Å². The largest absolute Gasteiger partial charge is 0.478 e. The summed E-state index contributed by atoms with van der Waals surface area (Å²) in [6.07, 6.45) is 0. The Bertz CT molecular complexity index is 1840. The topological polar surface area (TPSA) is 337 Å². The third kappa shape index (κ3) is 13.5. The van der Waals surface area contributed by atoms with E-state index < -0.39 is 45.7 Å². The van der Waals surface area contributed by atoms with Crippen LogP contribution >= 0.6 is 27.4 Å². The number of hydrogen-bond acceptors (Lipinski definition) is 12. The molecule has 14 N–H and O–H groups in total. The molecule has 0 aromatic heterocycles. The van der Waals surface area contributed by atoms with Crippen LogP contribution in [0.1, 0.15) is 0 Å². The zero-order chi connectivity index (χ0) is 35.1. The van der Waals surface area contributed by atoms with Gasteiger partial charge in [-0.05, 0) is 71.8 Å². The van der Waals surface area contributed by atoms with E-state index in [1.807, 2.05) is 48.5 Å². The second kappa shape index (κ2) is 15.4. The predicted octanol–water partition coefficient (Wildman–Crippen LogP) is 3.20. The highest BCUT2D eigenvalue weighted by molar-refractivity contribution is 8.00. The van der Waals surface area contributed by atoms with Gasteiger partial charge in [-0.25, -0.2) is 9.13 Å². The summed E-state index contributed by atoms with van der Waals surface area (Å²) in [6, 6.07) is 23.1. The van der Waals surface area contributed by atoms with Gasteiger partial charge in [0.2, 0.25) is 0 Å². The van der Waals surface area contributed by atoms with Crippen molar-refractivity contribution >= 4 is 70.4 Å². The Hall–Kier alpha value is -3.49. The molecule has 0 fully saturated rings. The van der Waals surface area contributed by atoms with Gasteiger partial charge < -0.3 is 42.5 Å². The Kier molecular flexibility index (Phi) is 13.0. The maximum Gasteiger partial charge on any atom is 0.478 e. The average molecular weight is 739 g/mol. The van der Waals surface area contributed by atoms with Crippen molar-refractivity contribution in [2.75, 3.05) is 22.9 Å². The summed E-state index contributed by atoms with van der Waals surface area (Å²) < 4.78 is 86.5. The molecule has 22 heteroatoms. The zero-order valence-electron chi connectivity index (χ0n) is 23.1. The van der Waals surface area contributed by atoms with E-state index in [9.17, 15) is 35.1 Å². The van der Waals surface area contributed by atoms with E-state index in [2.05, 4.69) is 4.31 Å². The Labute approximate surface area is 267 Å². The van der Waals surface area contributed by atoms with Crippen molar-refractivity contribution in [1.29, 1.82) is 0 Å². The SMILES string of the molecule is Nc1ccc(-c2ccc(N)cc2)cc1.Nc1ccc(Sc2ccc(N)cc2S(=O)(=O)O)c(S(=O)(=O)O)c1.O=P(O)(O)OP(=O)(O)O. The van der Waals surface area contributed by atoms with Crippen LogP contribution in [0, 0.1) is 0 Å². The molecule has 0 aliphatic carbocycles. The molecule has 0 aliphatic rings. The number of anilines is 4. The van der Waals surface area contributed by atoms with Crippen molar-refractivity contribution in [3.05, 3.63) is 84.9 Å². The van der Waals surface area contributed by atoms with Crippen molar-refractivity contribution in [2.24, 2.45) is 0 Å². The fourth-order valence-corrected chi connectivity index (χ4v) is 7.26. The zero-order valence-corrected chi connectivity index (χ0v) is 27.3. The molecule has 46 heavy (non-hydrogen) atoms. The summed E-state index contributed by atoms with van der Waals surface area (Å²) >= 11 is 0.723. The van der Waals surface area contributed by atoms with Crippen LogP contribution in [0.25, 0.3) is 11.1 Å². The average Bonchev–Trinajstić information content (AvgIpc) is 2.89. The number of phosphoric acid groups is 2. The van der Waals surface area contributed by atoms with Crippen LogP contribution in [-0.2, 0) is 33.7 Å². The Morgan fingerprint density at radius 3 is 1.04 bits per heavy atom. The molecule has 0 spiro atoms. The van der Waals surface area contributed by atoms with Crippen LogP contribution in [0.3, 0.4) is 0 Å². The highest BCUT2D eigenvalue weighted by Gasteiger charge is 2.28. The fourth-order valence-electron chi connectivity index (χ4n) is 3.23. The second-order valence-corrected chi connectivity index (χ2v) is 15.3. The molecule has 0 saturated heterocycles. The summed E-state index contributed by atoms with van der Waals surface area (Å²) in [4.78, 5) is 30.1. The predicted molar refractivity (Wildman–Crippen MR) is 171 cm³/mol. The van der Waals surface area contributed by atoms with Gasteiger partial charge in [0.25, 0.3) is 20.2 Å². The highest BCUT2D eigenvalue weighted by atomic mass is 32.2. The lowest BCUT2D eigenvalue weighted by molar-refractivity contribution is 0.225. The number of hydrogen-bond donors (Lipinski definition) is 10. The normalized spacial score (nSPS) is 11.9. The number of nitrogens with two attached hydrogens (primary N) is 4. The van der Waals surface area contributed by atoms with Crippen molar-refractivity contribution < 1.29 is 59.0 Å². The second-order valence-electron chi connectivity index (χ2n) is 8.77. The number of benzene rings is 4. The molecule has 4 rings (SSSR count). The maximum absolute atomic E-state index is 11.4. The molecule has 17 nitrogen and oxygen atoms in total. The minimum absolute atomic E-state index is 0.0383. The van der Waals surface area contributed by atoms with Crippen LogP contribution in [0.4, 0.5) is 22.7 Å². The van der Waals surface area contributed by atoms with Gasteiger partial charge in [0.1, 0.15) is 9.79 Å². The van der Waals surface area contributed by atoms with E-state index in [1.54, 1.807) is 0 Å². The molecule has 0 unspecified atom stereocenters. The number of nitrogen functional groups attached to an aromatic ring is 4. The first kappa shape index (κ1) is 38.7. The summed E-state index contributed by atoms with van der Waals surface area (Å²) in [5.74, 6) is 0. The molecular weight excluding hydrogens is 710 g/mol. The van der Waals surface area contributed by atoms with Crippen molar-refractivity contribution in [3.8, 4) is 11.1 Å². The summed E-state index contributed by atoms with van der Waals surface area (Å²) in [5.41, 5.74) is 26.3. The van der Waals surface area contributed by atoms with Gasteiger partial charge in [0.05, 0.1) is 0 Å². The lowest BCUT2D eigenvalue weighted by atomic mass is 10.1. The minimum Gasteiger partial charge on any atom is -0.399 e. The molecule has 0 bridgehead atoms. The van der Waals surface area contributed by atoms with Crippen LogP contribution in [0.5, 0.6) is 0 Å². The van der Waals surface area contributed by atoms with Gasteiger partial charge in [0.15, 0.2) is 0 Å². The molecule has 0 aliphatic heterocycles. The van der Waals surface area contributed by atoms with Gasteiger partial charge >= 0.3 is 15.6 Å². The third-order valence-electron chi connectivity index (χ3n) is 5.08. The Morgan fingerprint density at radius 2 is 0.804 bits per heavy atom.